The third kappa shape index (κ3) is 4.26. The zero-order valence-electron chi connectivity index (χ0n) is 26.9. The van der Waals surface area contributed by atoms with Crippen molar-refractivity contribution < 1.29 is 0 Å². The SMILES string of the molecule is CC1=CC(C)CC(c2nc(N3c4ccccc4C4C=C(c5ccc6sc7ccc8ccccc8c7c6c5)C=CC43)nc3ccccc23)=C1. The quantitative estimate of drug-likeness (QED) is 0.193. The summed E-state index contributed by atoms with van der Waals surface area (Å²) in [4.78, 5) is 13.0. The Balaban J connectivity index is 1.09. The zero-order chi connectivity index (χ0) is 31.9. The van der Waals surface area contributed by atoms with Crippen LogP contribution in [0.4, 0.5) is 11.6 Å². The Labute approximate surface area is 283 Å². The van der Waals surface area contributed by atoms with Gasteiger partial charge in [-0.3, -0.25) is 0 Å². The molecule has 0 radical (unpaired) electrons. The molecule has 0 fully saturated rings. The fourth-order valence-corrected chi connectivity index (χ4v) is 9.42. The van der Waals surface area contributed by atoms with Crippen LogP contribution in [0.2, 0.25) is 0 Å². The molecule has 3 nitrogen and oxygen atoms in total. The summed E-state index contributed by atoms with van der Waals surface area (Å²) in [7, 11) is 0. The molecule has 0 N–H and O–H groups in total. The van der Waals surface area contributed by atoms with Crippen molar-refractivity contribution in [3.63, 3.8) is 0 Å². The number of para-hydroxylation sites is 2. The van der Waals surface area contributed by atoms with Crippen molar-refractivity contribution in [2.75, 3.05) is 4.90 Å². The fourth-order valence-electron chi connectivity index (χ4n) is 8.32. The normalized spacial score (nSPS) is 20.2. The second-order valence-corrected chi connectivity index (χ2v) is 14.6. The molecular formula is C44H33N3S. The van der Waals surface area contributed by atoms with Gasteiger partial charge in [-0.05, 0) is 82.6 Å². The van der Waals surface area contributed by atoms with Gasteiger partial charge in [0.2, 0.25) is 5.95 Å². The smallest absolute Gasteiger partial charge is 0.231 e. The summed E-state index contributed by atoms with van der Waals surface area (Å²) in [5.41, 5.74) is 9.65. The van der Waals surface area contributed by atoms with E-state index in [1.54, 1.807) is 0 Å². The van der Waals surface area contributed by atoms with E-state index < -0.39 is 0 Å². The third-order valence-electron chi connectivity index (χ3n) is 10.3. The Hall–Kier alpha value is -5.32. The van der Waals surface area contributed by atoms with Crippen molar-refractivity contribution in [2.45, 2.75) is 32.2 Å². The first-order valence-electron chi connectivity index (χ1n) is 16.9. The molecule has 2 aromatic heterocycles. The second-order valence-electron chi connectivity index (χ2n) is 13.6. The van der Waals surface area contributed by atoms with Crippen molar-refractivity contribution >= 4 is 76.0 Å². The number of thiophene rings is 1. The maximum absolute atomic E-state index is 5.39. The van der Waals surface area contributed by atoms with Crippen molar-refractivity contribution in [1.29, 1.82) is 0 Å². The number of fused-ring (bicyclic) bond motifs is 9. The highest BCUT2D eigenvalue weighted by Crippen LogP contribution is 2.49. The van der Waals surface area contributed by atoms with Crippen LogP contribution in [0.25, 0.3) is 53.0 Å². The first-order chi connectivity index (χ1) is 23.6. The molecule has 5 aromatic carbocycles. The zero-order valence-corrected chi connectivity index (χ0v) is 27.7. The van der Waals surface area contributed by atoms with Crippen LogP contribution in [0.15, 0.2) is 139 Å². The second kappa shape index (κ2) is 10.6. The monoisotopic (exact) mass is 635 g/mol. The van der Waals surface area contributed by atoms with Crippen molar-refractivity contribution in [3.8, 4) is 0 Å². The van der Waals surface area contributed by atoms with Gasteiger partial charge in [0.15, 0.2) is 0 Å². The average Bonchev–Trinajstić information content (AvgIpc) is 3.66. The lowest BCUT2D eigenvalue weighted by molar-refractivity contribution is 0.728. The minimum Gasteiger partial charge on any atom is -0.302 e. The van der Waals surface area contributed by atoms with Gasteiger partial charge >= 0.3 is 0 Å². The van der Waals surface area contributed by atoms with Crippen LogP contribution >= 0.6 is 11.3 Å². The largest absolute Gasteiger partial charge is 0.302 e. The highest BCUT2D eigenvalue weighted by atomic mass is 32.1. The van der Waals surface area contributed by atoms with Gasteiger partial charge in [-0.15, -0.1) is 11.3 Å². The van der Waals surface area contributed by atoms with Crippen LogP contribution in [0.3, 0.4) is 0 Å². The maximum Gasteiger partial charge on any atom is 0.231 e. The molecule has 0 bridgehead atoms. The molecule has 3 heterocycles. The van der Waals surface area contributed by atoms with Crippen LogP contribution in [-0.4, -0.2) is 16.0 Å². The van der Waals surface area contributed by atoms with Crippen LogP contribution < -0.4 is 4.90 Å². The highest BCUT2D eigenvalue weighted by molar-refractivity contribution is 7.26. The molecule has 0 spiro atoms. The number of hydrogen-bond donors (Lipinski definition) is 0. The lowest BCUT2D eigenvalue weighted by Gasteiger charge is -2.29. The molecule has 0 amide bonds. The standard InChI is InChI=1S/C44H33N3S/c1-26-21-27(2)23-31(22-26)43-34-12-5-7-13-37(34)45-44(46-43)47-38-14-8-6-11-33(38)35-24-29(15-18-39(35)47)30-17-19-40-36(25-30)42-32-10-4-3-9-28(32)16-20-41(42)48-40/h3-22,24-25,27,35,39H,23H2,1-2H3. The number of anilines is 2. The molecule has 2 aliphatic carbocycles. The van der Waals surface area contributed by atoms with E-state index in [1.165, 1.54) is 64.5 Å². The number of benzene rings is 5. The van der Waals surface area contributed by atoms with E-state index in [2.05, 4.69) is 152 Å². The van der Waals surface area contributed by atoms with E-state index in [0.29, 0.717) is 5.92 Å². The number of aromatic nitrogens is 2. The van der Waals surface area contributed by atoms with Gasteiger partial charge in [-0.25, -0.2) is 9.97 Å². The van der Waals surface area contributed by atoms with Gasteiger partial charge in [0.1, 0.15) is 0 Å². The van der Waals surface area contributed by atoms with E-state index in [1.807, 2.05) is 11.3 Å². The van der Waals surface area contributed by atoms with Crippen LogP contribution in [0.1, 0.15) is 43.0 Å². The van der Waals surface area contributed by atoms with Crippen molar-refractivity contribution in [2.24, 2.45) is 5.92 Å². The lowest BCUT2D eigenvalue weighted by Crippen LogP contribution is -2.30. The number of nitrogens with zero attached hydrogens (tertiary/aromatic N) is 3. The first kappa shape index (κ1) is 27.8. The molecule has 3 unspecified atom stereocenters. The van der Waals surface area contributed by atoms with Gasteiger partial charge in [-0.2, -0.15) is 0 Å². The van der Waals surface area contributed by atoms with Gasteiger partial charge in [0, 0.05) is 37.2 Å². The van der Waals surface area contributed by atoms with E-state index in [4.69, 9.17) is 9.97 Å². The summed E-state index contributed by atoms with van der Waals surface area (Å²) in [6, 6.07) is 37.7. The number of rotatable bonds is 3. The molecule has 4 heteroatoms. The Morgan fingerprint density at radius 1 is 0.771 bits per heavy atom. The Bertz CT molecular complexity index is 2600. The number of allylic oxidation sites excluding steroid dienone is 6. The van der Waals surface area contributed by atoms with Gasteiger partial charge in [0.05, 0.1) is 17.3 Å². The predicted molar refractivity (Wildman–Crippen MR) is 204 cm³/mol. The Kier molecular flexibility index (Phi) is 6.13. The highest BCUT2D eigenvalue weighted by Gasteiger charge is 2.40. The minimum atomic E-state index is 0.0932. The summed E-state index contributed by atoms with van der Waals surface area (Å²) in [5.74, 6) is 1.44. The number of hydrogen-bond acceptors (Lipinski definition) is 4. The third-order valence-corrected chi connectivity index (χ3v) is 11.5. The van der Waals surface area contributed by atoms with Crippen molar-refractivity contribution in [1.82, 2.24) is 9.97 Å². The van der Waals surface area contributed by atoms with Crippen molar-refractivity contribution in [3.05, 3.63) is 156 Å². The molecule has 0 saturated heterocycles. The average molecular weight is 636 g/mol. The molecular weight excluding hydrogens is 603 g/mol. The predicted octanol–water partition coefficient (Wildman–Crippen LogP) is 11.8. The summed E-state index contributed by atoms with van der Waals surface area (Å²) in [5, 5.41) is 6.43. The van der Waals surface area contributed by atoms with E-state index in [-0.39, 0.29) is 12.0 Å². The molecule has 7 aromatic rings. The van der Waals surface area contributed by atoms with E-state index >= 15 is 0 Å². The minimum absolute atomic E-state index is 0.0932. The maximum atomic E-state index is 5.39. The van der Waals surface area contributed by atoms with Crippen LogP contribution in [0.5, 0.6) is 0 Å². The molecule has 48 heavy (non-hydrogen) atoms. The first-order valence-corrected chi connectivity index (χ1v) is 17.7. The Morgan fingerprint density at radius 3 is 2.50 bits per heavy atom. The molecule has 230 valence electrons. The summed E-state index contributed by atoms with van der Waals surface area (Å²) in [6.07, 6.45) is 12.8. The van der Waals surface area contributed by atoms with Gasteiger partial charge < -0.3 is 4.90 Å². The molecule has 10 rings (SSSR count). The van der Waals surface area contributed by atoms with Crippen LogP contribution in [0, 0.1) is 5.92 Å². The molecule has 3 aliphatic rings. The molecule has 0 saturated carbocycles. The topological polar surface area (TPSA) is 29.0 Å². The molecule has 1 aliphatic heterocycles. The summed E-state index contributed by atoms with van der Waals surface area (Å²) >= 11 is 1.88. The lowest BCUT2D eigenvalue weighted by atomic mass is 9.86. The van der Waals surface area contributed by atoms with Crippen LogP contribution in [-0.2, 0) is 0 Å². The Morgan fingerprint density at radius 2 is 1.58 bits per heavy atom. The van der Waals surface area contributed by atoms with E-state index in [9.17, 15) is 0 Å². The van der Waals surface area contributed by atoms with Gasteiger partial charge in [-0.1, -0.05) is 116 Å². The van der Waals surface area contributed by atoms with E-state index in [0.717, 1.165) is 29.0 Å². The summed E-state index contributed by atoms with van der Waals surface area (Å²) in [6.45, 7) is 4.48. The van der Waals surface area contributed by atoms with Gasteiger partial charge in [0.25, 0.3) is 0 Å². The fraction of sp³-hybridized carbons (Fsp3) is 0.136. The molecule has 3 atom stereocenters. The summed E-state index contributed by atoms with van der Waals surface area (Å²) < 4.78 is 2.67.